The van der Waals surface area contributed by atoms with Gasteiger partial charge in [0.15, 0.2) is 0 Å². The van der Waals surface area contributed by atoms with Crippen LogP contribution in [0.15, 0.2) is 0 Å². The fourth-order valence-electron chi connectivity index (χ4n) is 2.08. The third-order valence-corrected chi connectivity index (χ3v) is 3.98. The van der Waals surface area contributed by atoms with Gasteiger partial charge in [0.25, 0.3) is 0 Å². The molecule has 2 aromatic heterocycles. The van der Waals surface area contributed by atoms with E-state index in [1.165, 1.54) is 29.2 Å². The zero-order valence-electron chi connectivity index (χ0n) is 10.0. The number of aryl methyl sites for hydroxylation is 1. The Balaban J connectivity index is 2.00. The Morgan fingerprint density at radius 2 is 2.19 bits per heavy atom. The van der Waals surface area contributed by atoms with Crippen molar-refractivity contribution in [1.29, 1.82) is 0 Å². The molecule has 1 aliphatic rings. The molecule has 86 valence electrons. The maximum absolute atomic E-state index is 4.72. The second kappa shape index (κ2) is 3.55. The maximum Gasteiger partial charge on any atom is 0.212 e. The van der Waals surface area contributed by atoms with E-state index < -0.39 is 0 Å². The van der Waals surface area contributed by atoms with Crippen LogP contribution in [0.2, 0.25) is 0 Å². The van der Waals surface area contributed by atoms with Crippen molar-refractivity contribution in [3.8, 4) is 0 Å². The van der Waals surface area contributed by atoms with Gasteiger partial charge in [-0.3, -0.25) is 0 Å². The molecular formula is C12H17N3S. The molecule has 1 aliphatic carbocycles. The summed E-state index contributed by atoms with van der Waals surface area (Å²) in [6.07, 6.45) is 3.68. The molecule has 3 rings (SSSR count). The van der Waals surface area contributed by atoms with Crippen LogP contribution in [0, 0.1) is 12.8 Å². The summed E-state index contributed by atoms with van der Waals surface area (Å²) >= 11 is 1.75. The first-order valence-electron chi connectivity index (χ1n) is 6.00. The molecule has 0 aliphatic heterocycles. The standard InChI is InChI=1S/C12H17N3S/c1-7(2)6-10-14-15-8(3)11(9-4-5-9)13-12(15)16-10/h7,9H,4-6H2,1-3H3. The van der Waals surface area contributed by atoms with E-state index in [1.54, 1.807) is 11.3 Å². The summed E-state index contributed by atoms with van der Waals surface area (Å²) in [7, 11) is 0. The number of fused-ring (bicyclic) bond motifs is 1. The molecule has 0 atom stereocenters. The molecule has 2 heterocycles. The van der Waals surface area contributed by atoms with Crippen LogP contribution < -0.4 is 0 Å². The average molecular weight is 235 g/mol. The molecule has 0 radical (unpaired) electrons. The Kier molecular flexibility index (Phi) is 2.28. The smallest absolute Gasteiger partial charge is 0.212 e. The van der Waals surface area contributed by atoms with Crippen molar-refractivity contribution < 1.29 is 0 Å². The first-order chi connectivity index (χ1) is 7.65. The van der Waals surface area contributed by atoms with Gasteiger partial charge in [0.2, 0.25) is 4.96 Å². The average Bonchev–Trinajstić information content (AvgIpc) is 2.90. The monoisotopic (exact) mass is 235 g/mol. The number of imidazole rings is 1. The third kappa shape index (κ3) is 1.65. The molecule has 0 N–H and O–H groups in total. The van der Waals surface area contributed by atoms with Gasteiger partial charge in [0.05, 0.1) is 11.4 Å². The molecule has 1 saturated carbocycles. The van der Waals surface area contributed by atoms with Gasteiger partial charge >= 0.3 is 0 Å². The number of hydrogen-bond donors (Lipinski definition) is 0. The fourth-order valence-corrected chi connectivity index (χ4v) is 3.24. The van der Waals surface area contributed by atoms with Gasteiger partial charge < -0.3 is 0 Å². The lowest BCUT2D eigenvalue weighted by Gasteiger charge is -1.98. The zero-order chi connectivity index (χ0) is 11.3. The number of rotatable bonds is 3. The molecule has 0 unspecified atom stereocenters. The zero-order valence-corrected chi connectivity index (χ0v) is 10.8. The fraction of sp³-hybridized carbons (Fsp3) is 0.667. The SMILES string of the molecule is Cc1c(C2CC2)nc2sc(CC(C)C)nn12. The molecule has 2 aromatic rings. The van der Waals surface area contributed by atoms with Crippen molar-refractivity contribution in [3.63, 3.8) is 0 Å². The van der Waals surface area contributed by atoms with E-state index >= 15 is 0 Å². The molecule has 16 heavy (non-hydrogen) atoms. The van der Waals surface area contributed by atoms with Gasteiger partial charge in [-0.2, -0.15) is 5.10 Å². The summed E-state index contributed by atoms with van der Waals surface area (Å²) in [6, 6.07) is 0. The molecule has 0 amide bonds. The molecule has 0 spiro atoms. The normalized spacial score (nSPS) is 16.5. The minimum absolute atomic E-state index is 0.666. The van der Waals surface area contributed by atoms with Crippen LogP contribution in [0.5, 0.6) is 0 Å². The Bertz CT molecular complexity index is 520. The maximum atomic E-state index is 4.72. The molecule has 0 aromatic carbocycles. The summed E-state index contributed by atoms with van der Waals surface area (Å²) in [4.78, 5) is 5.80. The van der Waals surface area contributed by atoms with Gasteiger partial charge in [-0.15, -0.1) is 0 Å². The van der Waals surface area contributed by atoms with Crippen molar-refractivity contribution in [2.24, 2.45) is 5.92 Å². The van der Waals surface area contributed by atoms with Gasteiger partial charge in [0, 0.05) is 12.3 Å². The Labute approximate surface area is 99.5 Å². The minimum Gasteiger partial charge on any atom is -0.222 e. The molecule has 0 saturated heterocycles. The minimum atomic E-state index is 0.666. The molecule has 4 heteroatoms. The van der Waals surface area contributed by atoms with Gasteiger partial charge in [-0.1, -0.05) is 25.2 Å². The Hall–Kier alpha value is -0.900. The number of nitrogens with zero attached hydrogens (tertiary/aromatic N) is 3. The van der Waals surface area contributed by atoms with Crippen molar-refractivity contribution in [2.75, 3.05) is 0 Å². The van der Waals surface area contributed by atoms with Crippen molar-refractivity contribution >= 4 is 16.3 Å². The summed E-state index contributed by atoms with van der Waals surface area (Å²) in [6.45, 7) is 6.60. The summed E-state index contributed by atoms with van der Waals surface area (Å²) in [5, 5.41) is 5.87. The highest BCUT2D eigenvalue weighted by atomic mass is 32.1. The molecule has 3 nitrogen and oxygen atoms in total. The van der Waals surface area contributed by atoms with Crippen molar-refractivity contribution in [1.82, 2.24) is 14.6 Å². The lowest BCUT2D eigenvalue weighted by molar-refractivity contribution is 0.635. The Morgan fingerprint density at radius 1 is 1.44 bits per heavy atom. The highest BCUT2D eigenvalue weighted by molar-refractivity contribution is 7.16. The molecule has 1 fully saturated rings. The lowest BCUT2D eigenvalue weighted by atomic mass is 10.1. The van der Waals surface area contributed by atoms with Crippen LogP contribution in [-0.2, 0) is 6.42 Å². The predicted molar refractivity (Wildman–Crippen MR) is 66.1 cm³/mol. The van der Waals surface area contributed by atoms with E-state index in [0.717, 1.165) is 17.3 Å². The van der Waals surface area contributed by atoms with E-state index in [-0.39, 0.29) is 0 Å². The van der Waals surface area contributed by atoms with Gasteiger partial charge in [-0.05, 0) is 25.7 Å². The van der Waals surface area contributed by atoms with Gasteiger partial charge in [0.1, 0.15) is 5.01 Å². The number of hydrogen-bond acceptors (Lipinski definition) is 3. The highest BCUT2D eigenvalue weighted by Gasteiger charge is 2.29. The molecular weight excluding hydrogens is 218 g/mol. The molecule has 0 bridgehead atoms. The lowest BCUT2D eigenvalue weighted by Crippen LogP contribution is -1.96. The van der Waals surface area contributed by atoms with Crippen LogP contribution in [0.3, 0.4) is 0 Å². The largest absolute Gasteiger partial charge is 0.222 e. The quantitative estimate of drug-likeness (QED) is 0.818. The topological polar surface area (TPSA) is 30.2 Å². The summed E-state index contributed by atoms with van der Waals surface area (Å²) < 4.78 is 2.04. The summed E-state index contributed by atoms with van der Waals surface area (Å²) in [5.41, 5.74) is 2.54. The van der Waals surface area contributed by atoms with Crippen LogP contribution in [0.1, 0.15) is 49.0 Å². The predicted octanol–water partition coefficient (Wildman–Crippen LogP) is 3.18. The van der Waals surface area contributed by atoms with Crippen LogP contribution in [-0.4, -0.2) is 14.6 Å². The van der Waals surface area contributed by atoms with E-state index in [9.17, 15) is 0 Å². The summed E-state index contributed by atoms with van der Waals surface area (Å²) in [5.74, 6) is 1.39. The van der Waals surface area contributed by atoms with E-state index in [2.05, 4.69) is 25.9 Å². The van der Waals surface area contributed by atoms with Crippen LogP contribution >= 0.6 is 11.3 Å². The second-order valence-corrected chi connectivity index (χ2v) is 6.19. The third-order valence-electron chi connectivity index (χ3n) is 3.05. The van der Waals surface area contributed by atoms with Crippen molar-refractivity contribution in [2.45, 2.75) is 46.0 Å². The first-order valence-corrected chi connectivity index (χ1v) is 6.81. The highest BCUT2D eigenvalue weighted by Crippen LogP contribution is 2.41. The van der Waals surface area contributed by atoms with Gasteiger partial charge in [-0.25, -0.2) is 9.50 Å². The van der Waals surface area contributed by atoms with Crippen LogP contribution in [0.4, 0.5) is 0 Å². The Morgan fingerprint density at radius 3 is 2.75 bits per heavy atom. The van der Waals surface area contributed by atoms with E-state index in [4.69, 9.17) is 4.98 Å². The number of aromatic nitrogens is 3. The van der Waals surface area contributed by atoms with Crippen molar-refractivity contribution in [3.05, 3.63) is 16.4 Å². The first kappa shape index (κ1) is 10.3. The van der Waals surface area contributed by atoms with Crippen LogP contribution in [0.25, 0.3) is 4.96 Å². The van der Waals surface area contributed by atoms with E-state index in [0.29, 0.717) is 5.92 Å². The second-order valence-electron chi connectivity index (χ2n) is 5.14. The van der Waals surface area contributed by atoms with E-state index in [1.807, 2.05) is 4.52 Å².